The molecule has 1 aliphatic carbocycles. The Morgan fingerprint density at radius 2 is 1.76 bits per heavy atom. The summed E-state index contributed by atoms with van der Waals surface area (Å²) < 4.78 is 53.5. The molecular formula is C23H33F2N3O4S. The SMILES string of the molecule is CCCCNC(=O)C1(NC(=O)C2CCN(S(=O)(=O)c3ccc(F)c(F)c3)CC2)CCCCC1. The zero-order valence-corrected chi connectivity index (χ0v) is 19.9. The summed E-state index contributed by atoms with van der Waals surface area (Å²) in [4.78, 5) is 25.7. The molecule has 0 spiro atoms. The number of carbonyl (C=O) groups is 2. The average Bonchev–Trinajstić information content (AvgIpc) is 2.81. The summed E-state index contributed by atoms with van der Waals surface area (Å²) in [7, 11) is -3.99. The van der Waals surface area contributed by atoms with Crippen molar-refractivity contribution in [2.45, 2.75) is 75.1 Å². The van der Waals surface area contributed by atoms with E-state index in [1.54, 1.807) is 0 Å². The van der Waals surface area contributed by atoms with Gasteiger partial charge in [-0.3, -0.25) is 9.59 Å². The molecule has 2 aliphatic rings. The molecule has 0 aromatic heterocycles. The van der Waals surface area contributed by atoms with Gasteiger partial charge in [0.05, 0.1) is 4.90 Å². The summed E-state index contributed by atoms with van der Waals surface area (Å²) in [5.74, 6) is -3.11. The van der Waals surface area contributed by atoms with Crippen LogP contribution in [-0.4, -0.2) is 49.7 Å². The van der Waals surface area contributed by atoms with Crippen LogP contribution in [0.3, 0.4) is 0 Å². The molecule has 184 valence electrons. The zero-order chi connectivity index (χ0) is 24.1. The van der Waals surface area contributed by atoms with E-state index in [1.165, 1.54) is 4.31 Å². The Morgan fingerprint density at radius 1 is 1.09 bits per heavy atom. The molecular weight excluding hydrogens is 452 g/mol. The second-order valence-electron chi connectivity index (χ2n) is 9.00. The Kier molecular flexibility index (Phi) is 8.44. The van der Waals surface area contributed by atoms with Gasteiger partial charge in [-0.2, -0.15) is 4.31 Å². The number of amides is 2. The van der Waals surface area contributed by atoms with Crippen molar-refractivity contribution in [2.75, 3.05) is 19.6 Å². The van der Waals surface area contributed by atoms with Crippen molar-refractivity contribution in [3.8, 4) is 0 Å². The highest BCUT2D eigenvalue weighted by molar-refractivity contribution is 7.89. The van der Waals surface area contributed by atoms with Gasteiger partial charge in [0.1, 0.15) is 5.54 Å². The number of benzene rings is 1. The molecule has 2 amide bonds. The van der Waals surface area contributed by atoms with Gasteiger partial charge >= 0.3 is 0 Å². The van der Waals surface area contributed by atoms with Gasteiger partial charge in [-0.25, -0.2) is 17.2 Å². The minimum absolute atomic E-state index is 0.0924. The fourth-order valence-corrected chi connectivity index (χ4v) is 6.08. The number of halogens is 2. The molecule has 1 saturated carbocycles. The fraction of sp³-hybridized carbons (Fsp3) is 0.652. The second kappa shape index (κ2) is 10.9. The van der Waals surface area contributed by atoms with Gasteiger partial charge in [0.15, 0.2) is 11.6 Å². The molecule has 0 radical (unpaired) electrons. The van der Waals surface area contributed by atoms with Crippen LogP contribution in [0.4, 0.5) is 8.78 Å². The third-order valence-corrected chi connectivity index (χ3v) is 8.57. The molecule has 0 unspecified atom stereocenters. The molecule has 33 heavy (non-hydrogen) atoms. The molecule has 1 aromatic rings. The lowest BCUT2D eigenvalue weighted by molar-refractivity contribution is -0.137. The highest BCUT2D eigenvalue weighted by Crippen LogP contribution is 2.31. The highest BCUT2D eigenvalue weighted by Gasteiger charge is 2.42. The van der Waals surface area contributed by atoms with Gasteiger partial charge in [0.2, 0.25) is 21.8 Å². The number of piperidine rings is 1. The largest absolute Gasteiger partial charge is 0.354 e. The Balaban J connectivity index is 1.62. The Labute approximate surface area is 194 Å². The summed E-state index contributed by atoms with van der Waals surface area (Å²) in [5.41, 5.74) is -0.905. The third-order valence-electron chi connectivity index (χ3n) is 6.67. The van der Waals surface area contributed by atoms with Crippen LogP contribution in [0.15, 0.2) is 23.1 Å². The van der Waals surface area contributed by atoms with Crippen LogP contribution in [0.25, 0.3) is 0 Å². The zero-order valence-electron chi connectivity index (χ0n) is 19.0. The lowest BCUT2D eigenvalue weighted by Crippen LogP contribution is -2.61. The summed E-state index contributed by atoms with van der Waals surface area (Å²) in [6, 6.07) is 2.50. The summed E-state index contributed by atoms with van der Waals surface area (Å²) in [6.45, 7) is 2.81. The average molecular weight is 486 g/mol. The van der Waals surface area contributed by atoms with Crippen molar-refractivity contribution in [1.29, 1.82) is 0 Å². The Morgan fingerprint density at radius 3 is 2.36 bits per heavy atom. The van der Waals surface area contributed by atoms with Gasteiger partial charge < -0.3 is 10.6 Å². The topological polar surface area (TPSA) is 95.6 Å². The van der Waals surface area contributed by atoms with Crippen molar-refractivity contribution in [3.63, 3.8) is 0 Å². The molecule has 1 aromatic carbocycles. The smallest absolute Gasteiger partial charge is 0.245 e. The van der Waals surface area contributed by atoms with E-state index in [0.29, 0.717) is 38.3 Å². The van der Waals surface area contributed by atoms with Crippen molar-refractivity contribution in [3.05, 3.63) is 29.8 Å². The molecule has 7 nitrogen and oxygen atoms in total. The number of hydrogen-bond acceptors (Lipinski definition) is 4. The minimum atomic E-state index is -3.99. The first kappa shape index (κ1) is 25.6. The van der Waals surface area contributed by atoms with Crippen molar-refractivity contribution in [2.24, 2.45) is 5.92 Å². The van der Waals surface area contributed by atoms with Gasteiger partial charge in [-0.15, -0.1) is 0 Å². The van der Waals surface area contributed by atoms with Crippen LogP contribution in [0.2, 0.25) is 0 Å². The van der Waals surface area contributed by atoms with E-state index in [0.717, 1.165) is 44.2 Å². The summed E-state index contributed by atoms with van der Waals surface area (Å²) in [6.07, 6.45) is 6.38. The molecule has 3 rings (SSSR count). The number of unbranched alkanes of at least 4 members (excludes halogenated alkanes) is 1. The van der Waals surface area contributed by atoms with Gasteiger partial charge in [-0.1, -0.05) is 32.6 Å². The van der Waals surface area contributed by atoms with Crippen molar-refractivity contribution >= 4 is 21.8 Å². The number of nitrogens with zero attached hydrogens (tertiary/aromatic N) is 1. The number of hydrogen-bond donors (Lipinski definition) is 2. The van der Waals surface area contributed by atoms with Crippen molar-refractivity contribution < 1.29 is 26.8 Å². The van der Waals surface area contributed by atoms with E-state index in [4.69, 9.17) is 0 Å². The molecule has 10 heteroatoms. The van der Waals surface area contributed by atoms with Crippen molar-refractivity contribution in [1.82, 2.24) is 14.9 Å². The van der Waals surface area contributed by atoms with E-state index in [1.807, 2.05) is 6.92 Å². The maximum atomic E-state index is 13.5. The maximum absolute atomic E-state index is 13.5. The predicted molar refractivity (Wildman–Crippen MR) is 120 cm³/mol. The maximum Gasteiger partial charge on any atom is 0.245 e. The minimum Gasteiger partial charge on any atom is -0.354 e. The summed E-state index contributed by atoms with van der Waals surface area (Å²) in [5, 5.41) is 5.98. The number of sulfonamides is 1. The molecule has 0 atom stereocenters. The lowest BCUT2D eigenvalue weighted by Gasteiger charge is -2.38. The van der Waals surface area contributed by atoms with E-state index in [9.17, 15) is 26.8 Å². The number of carbonyl (C=O) groups excluding carboxylic acids is 2. The van der Waals surface area contributed by atoms with E-state index < -0.39 is 33.1 Å². The molecule has 2 N–H and O–H groups in total. The Hall–Kier alpha value is -2.07. The number of rotatable bonds is 8. The molecule has 1 aliphatic heterocycles. The normalized spacial score (nSPS) is 19.7. The predicted octanol–water partition coefficient (Wildman–Crippen LogP) is 3.10. The van der Waals surface area contributed by atoms with Crippen LogP contribution in [-0.2, 0) is 19.6 Å². The fourth-order valence-electron chi connectivity index (χ4n) is 4.59. The quantitative estimate of drug-likeness (QED) is 0.553. The first-order valence-electron chi connectivity index (χ1n) is 11.7. The summed E-state index contributed by atoms with van der Waals surface area (Å²) >= 11 is 0. The van der Waals surface area contributed by atoms with Gasteiger partial charge in [0, 0.05) is 25.6 Å². The van der Waals surface area contributed by atoms with Crippen LogP contribution >= 0.6 is 0 Å². The standard InChI is InChI=1S/C23H33F2N3O4S/c1-2-3-13-26-22(30)23(11-5-4-6-12-23)27-21(29)17-9-14-28(15-10-17)33(31,32)18-7-8-19(24)20(25)16-18/h7-8,16-17H,2-6,9-15H2,1H3,(H,26,30)(H,27,29). The monoisotopic (exact) mass is 485 g/mol. The van der Waals surface area contributed by atoms with Crippen LogP contribution in [0.5, 0.6) is 0 Å². The molecule has 0 bridgehead atoms. The van der Waals surface area contributed by atoms with Gasteiger partial charge in [0.25, 0.3) is 0 Å². The van der Waals surface area contributed by atoms with Crippen LogP contribution in [0, 0.1) is 17.6 Å². The highest BCUT2D eigenvalue weighted by atomic mass is 32.2. The first-order chi connectivity index (χ1) is 15.7. The first-order valence-corrected chi connectivity index (χ1v) is 13.2. The van der Waals surface area contributed by atoms with E-state index in [-0.39, 0.29) is 29.8 Å². The second-order valence-corrected chi connectivity index (χ2v) is 10.9. The lowest BCUT2D eigenvalue weighted by atomic mass is 9.80. The number of nitrogens with one attached hydrogen (secondary N) is 2. The van der Waals surface area contributed by atoms with E-state index >= 15 is 0 Å². The van der Waals surface area contributed by atoms with Crippen LogP contribution in [0.1, 0.15) is 64.7 Å². The molecule has 1 heterocycles. The molecule has 1 saturated heterocycles. The molecule has 2 fully saturated rings. The van der Waals surface area contributed by atoms with Crippen LogP contribution < -0.4 is 10.6 Å². The van der Waals surface area contributed by atoms with Gasteiger partial charge in [-0.05, 0) is 50.3 Å². The van der Waals surface area contributed by atoms with E-state index in [2.05, 4.69) is 10.6 Å². The third kappa shape index (κ3) is 5.90. The Bertz CT molecular complexity index is 956.